The average Bonchev–Trinajstić information content (AvgIpc) is 3.27. The van der Waals surface area contributed by atoms with Crippen LogP contribution >= 0.6 is 0 Å². The summed E-state index contributed by atoms with van der Waals surface area (Å²) < 4.78 is 29.0. The Kier molecular flexibility index (Phi) is 4.57. The lowest BCUT2D eigenvalue weighted by Crippen LogP contribution is -2.43. The minimum absolute atomic E-state index is 0.0208. The van der Waals surface area contributed by atoms with E-state index in [-0.39, 0.29) is 12.5 Å². The van der Waals surface area contributed by atoms with Crippen molar-refractivity contribution in [3.8, 4) is 0 Å². The summed E-state index contributed by atoms with van der Waals surface area (Å²) in [5.74, 6) is 0.0208. The predicted molar refractivity (Wildman–Crippen MR) is 84.6 cm³/mol. The molecule has 0 amide bonds. The number of aliphatic hydroxyl groups excluding tert-OH is 1. The zero-order valence-corrected chi connectivity index (χ0v) is 14.6. The van der Waals surface area contributed by atoms with Crippen LogP contribution in [0, 0.1) is 11.3 Å². The molecule has 0 spiro atoms. The van der Waals surface area contributed by atoms with Crippen LogP contribution < -0.4 is 16.0 Å². The fourth-order valence-corrected chi connectivity index (χ4v) is 4.02. The molecule has 0 aromatic carbocycles. The summed E-state index contributed by atoms with van der Waals surface area (Å²) in [5, 5.41) is 10.2. The molecule has 1 aliphatic carbocycles. The molecule has 130 valence electrons. The largest absolute Gasteiger partial charge is 0.392 e. The average molecular weight is 345 g/mol. The molecule has 1 heterocycles. The number of hydrogen-bond acceptors (Lipinski definition) is 5. The smallest absolute Gasteiger partial charge is 0.330 e. The first-order valence-electron chi connectivity index (χ1n) is 7.46. The van der Waals surface area contributed by atoms with Crippen LogP contribution in [-0.2, 0) is 24.1 Å². The molecular weight excluding hydrogens is 322 g/mol. The molecule has 0 radical (unpaired) electrons. The molecule has 2 N–H and O–H groups in total. The van der Waals surface area contributed by atoms with Crippen molar-refractivity contribution in [2.75, 3.05) is 6.54 Å². The van der Waals surface area contributed by atoms with Crippen LogP contribution in [0.5, 0.6) is 0 Å². The Labute approximate surface area is 134 Å². The summed E-state index contributed by atoms with van der Waals surface area (Å²) in [5.41, 5.74) is -1.93. The van der Waals surface area contributed by atoms with E-state index in [0.717, 1.165) is 28.2 Å². The van der Waals surface area contributed by atoms with Gasteiger partial charge in [-0.25, -0.2) is 17.9 Å². The van der Waals surface area contributed by atoms with Crippen LogP contribution in [0.15, 0.2) is 20.7 Å². The zero-order valence-electron chi connectivity index (χ0n) is 13.7. The number of nitrogens with zero attached hydrogens (tertiary/aromatic N) is 2. The highest BCUT2D eigenvalue weighted by Crippen LogP contribution is 2.50. The van der Waals surface area contributed by atoms with Gasteiger partial charge in [0.2, 0.25) is 10.0 Å². The SMILES string of the molecule is CC(C)C(O)C1(CNS(=O)(=O)c2cn(C)c(=O)n(C)c2=O)CC1. The quantitative estimate of drug-likeness (QED) is 0.698. The van der Waals surface area contributed by atoms with E-state index in [2.05, 4.69) is 4.72 Å². The third-order valence-electron chi connectivity index (χ3n) is 4.47. The van der Waals surface area contributed by atoms with Crippen molar-refractivity contribution in [3.05, 3.63) is 27.0 Å². The molecule has 0 aliphatic heterocycles. The van der Waals surface area contributed by atoms with Gasteiger partial charge in [-0.15, -0.1) is 0 Å². The van der Waals surface area contributed by atoms with E-state index in [1.54, 1.807) is 0 Å². The molecule has 0 saturated heterocycles. The number of nitrogens with one attached hydrogen (secondary N) is 1. The summed E-state index contributed by atoms with van der Waals surface area (Å²) >= 11 is 0. The van der Waals surface area contributed by atoms with Crippen molar-refractivity contribution >= 4 is 10.0 Å². The Morgan fingerprint density at radius 1 is 1.30 bits per heavy atom. The van der Waals surface area contributed by atoms with E-state index in [1.807, 2.05) is 13.8 Å². The predicted octanol–water partition coefficient (Wildman–Crippen LogP) is -0.841. The maximum atomic E-state index is 12.4. The molecule has 8 nitrogen and oxygen atoms in total. The number of hydrogen-bond donors (Lipinski definition) is 2. The minimum atomic E-state index is -4.06. The van der Waals surface area contributed by atoms with Crippen molar-refractivity contribution < 1.29 is 13.5 Å². The van der Waals surface area contributed by atoms with Gasteiger partial charge < -0.3 is 9.67 Å². The summed E-state index contributed by atoms with van der Waals surface area (Å²) in [6.07, 6.45) is 1.89. The van der Waals surface area contributed by atoms with Crippen molar-refractivity contribution in [1.29, 1.82) is 0 Å². The van der Waals surface area contributed by atoms with Crippen LogP contribution in [-0.4, -0.2) is 35.3 Å². The number of aliphatic hydroxyl groups is 1. The molecule has 1 unspecified atom stereocenters. The fraction of sp³-hybridized carbons (Fsp3) is 0.714. The van der Waals surface area contributed by atoms with Crippen LogP contribution in [0.4, 0.5) is 0 Å². The van der Waals surface area contributed by atoms with Crippen molar-refractivity contribution in [3.63, 3.8) is 0 Å². The van der Waals surface area contributed by atoms with Gasteiger partial charge in [0, 0.05) is 32.3 Å². The first-order chi connectivity index (χ1) is 10.5. The Morgan fingerprint density at radius 3 is 2.35 bits per heavy atom. The van der Waals surface area contributed by atoms with Crippen LogP contribution in [0.3, 0.4) is 0 Å². The monoisotopic (exact) mass is 345 g/mol. The van der Waals surface area contributed by atoms with Gasteiger partial charge in [-0.2, -0.15) is 0 Å². The number of aromatic nitrogens is 2. The van der Waals surface area contributed by atoms with Gasteiger partial charge in [0.25, 0.3) is 5.56 Å². The van der Waals surface area contributed by atoms with Crippen LogP contribution in [0.2, 0.25) is 0 Å². The first kappa shape index (κ1) is 17.9. The maximum Gasteiger partial charge on any atom is 0.330 e. The summed E-state index contributed by atoms with van der Waals surface area (Å²) in [4.78, 5) is 23.2. The van der Waals surface area contributed by atoms with E-state index in [0.29, 0.717) is 0 Å². The number of aryl methyl sites for hydroxylation is 1. The zero-order chi connectivity index (χ0) is 17.6. The van der Waals surface area contributed by atoms with Gasteiger partial charge >= 0.3 is 5.69 Å². The van der Waals surface area contributed by atoms with E-state index < -0.39 is 37.7 Å². The second kappa shape index (κ2) is 5.88. The van der Waals surface area contributed by atoms with E-state index in [9.17, 15) is 23.1 Å². The lowest BCUT2D eigenvalue weighted by atomic mass is 9.91. The van der Waals surface area contributed by atoms with Gasteiger partial charge in [-0.1, -0.05) is 13.8 Å². The summed E-state index contributed by atoms with van der Waals surface area (Å²) in [6.45, 7) is 3.82. The normalized spacial score (nSPS) is 18.2. The first-order valence-corrected chi connectivity index (χ1v) is 8.94. The lowest BCUT2D eigenvalue weighted by molar-refractivity contribution is 0.0529. The maximum absolute atomic E-state index is 12.4. The molecule has 2 rings (SSSR count). The van der Waals surface area contributed by atoms with E-state index in [4.69, 9.17) is 0 Å². The molecule has 1 fully saturated rings. The van der Waals surface area contributed by atoms with Crippen molar-refractivity contribution in [2.45, 2.75) is 37.7 Å². The Morgan fingerprint density at radius 2 is 1.87 bits per heavy atom. The van der Waals surface area contributed by atoms with Crippen LogP contribution in [0.25, 0.3) is 0 Å². The fourth-order valence-electron chi connectivity index (χ4n) is 2.72. The molecule has 0 bridgehead atoms. The van der Waals surface area contributed by atoms with Crippen molar-refractivity contribution in [1.82, 2.24) is 13.9 Å². The highest BCUT2D eigenvalue weighted by molar-refractivity contribution is 7.89. The molecule has 1 atom stereocenters. The third kappa shape index (κ3) is 3.26. The van der Waals surface area contributed by atoms with Gasteiger partial charge in [-0.3, -0.25) is 9.36 Å². The Bertz CT molecular complexity index is 818. The van der Waals surface area contributed by atoms with Gasteiger partial charge in [0.15, 0.2) is 4.90 Å². The standard InChI is InChI=1S/C14H23N3O5S/c1-9(2)11(18)14(5-6-14)8-15-23(21,22)10-7-16(3)13(20)17(4)12(10)19/h7,9,11,15,18H,5-6,8H2,1-4H3. The molecule has 1 aromatic rings. The van der Waals surface area contributed by atoms with Gasteiger partial charge in [0.1, 0.15) is 0 Å². The van der Waals surface area contributed by atoms with E-state index >= 15 is 0 Å². The second-order valence-corrected chi connectivity index (χ2v) is 8.36. The van der Waals surface area contributed by atoms with Gasteiger partial charge in [0.05, 0.1) is 6.10 Å². The molecular formula is C14H23N3O5S. The minimum Gasteiger partial charge on any atom is -0.392 e. The summed E-state index contributed by atoms with van der Waals surface area (Å²) in [6, 6.07) is 0. The second-order valence-electron chi connectivity index (χ2n) is 6.63. The Balaban J connectivity index is 2.28. The molecule has 1 aromatic heterocycles. The summed E-state index contributed by atoms with van der Waals surface area (Å²) in [7, 11) is -1.45. The Hall–Kier alpha value is -1.45. The highest BCUT2D eigenvalue weighted by Gasteiger charge is 2.50. The number of sulfonamides is 1. The van der Waals surface area contributed by atoms with E-state index in [1.165, 1.54) is 14.1 Å². The number of rotatable bonds is 6. The topological polar surface area (TPSA) is 110 Å². The molecule has 9 heteroatoms. The third-order valence-corrected chi connectivity index (χ3v) is 5.85. The lowest BCUT2D eigenvalue weighted by Gasteiger charge is -2.25. The molecule has 1 saturated carbocycles. The molecule has 1 aliphatic rings. The highest BCUT2D eigenvalue weighted by atomic mass is 32.2. The van der Waals surface area contributed by atoms with Crippen molar-refractivity contribution in [2.24, 2.45) is 25.4 Å². The van der Waals surface area contributed by atoms with Crippen LogP contribution in [0.1, 0.15) is 26.7 Å². The van der Waals surface area contributed by atoms with Gasteiger partial charge in [-0.05, 0) is 18.8 Å². The molecule has 23 heavy (non-hydrogen) atoms.